The first-order valence-corrected chi connectivity index (χ1v) is 15.0. The van der Waals surface area contributed by atoms with Crippen LogP contribution in [0.5, 0.6) is 11.5 Å². The number of fused-ring (bicyclic) bond motifs is 1. The fraction of sp³-hybridized carbons (Fsp3) is 0.188. The van der Waals surface area contributed by atoms with Crippen LogP contribution in [-0.2, 0) is 26.0 Å². The highest BCUT2D eigenvalue weighted by atomic mass is 32.2. The minimum absolute atomic E-state index is 0.0255. The molecule has 0 fully saturated rings. The van der Waals surface area contributed by atoms with Crippen molar-refractivity contribution < 1.29 is 27.5 Å². The van der Waals surface area contributed by atoms with E-state index in [0.29, 0.717) is 41.4 Å². The number of carbonyl (C=O) groups is 2. The summed E-state index contributed by atoms with van der Waals surface area (Å²) >= 11 is 0. The van der Waals surface area contributed by atoms with Gasteiger partial charge in [0.05, 0.1) is 17.1 Å². The molecule has 42 heavy (non-hydrogen) atoms. The summed E-state index contributed by atoms with van der Waals surface area (Å²) in [4.78, 5) is 27.9. The van der Waals surface area contributed by atoms with Gasteiger partial charge in [0.1, 0.15) is 11.5 Å². The molecule has 0 aromatic heterocycles. The number of nitrogens with zero attached hydrogens (tertiary/aromatic N) is 1. The number of para-hydroxylation sites is 3. The normalized spacial score (nSPS) is 14.3. The summed E-state index contributed by atoms with van der Waals surface area (Å²) in [6.07, 6.45) is -0.211. The molecule has 1 heterocycles. The van der Waals surface area contributed by atoms with Gasteiger partial charge in [0.2, 0.25) is 0 Å². The molecule has 4 aromatic rings. The lowest BCUT2D eigenvalue weighted by molar-refractivity contribution is -0.128. The topological polar surface area (TPSA) is 114 Å². The smallest absolute Gasteiger partial charge is 0.265 e. The van der Waals surface area contributed by atoms with Crippen LogP contribution in [0.4, 0.5) is 11.4 Å². The standard InChI is InChI=1S/C32H31N3O6S/c1-23-20-26(42(38,39)34-25-12-6-3-7-13-25)16-17-28(23)40-22-31(36)35-21-30(41-29-15-9-8-14-27(29)35)32(37)33-19-18-24-10-4-2-5-11-24/h2-17,20,30,34H,18-19,21-22H2,1H3,(H,33,37). The highest BCUT2D eigenvalue weighted by molar-refractivity contribution is 7.92. The molecule has 4 aromatic carbocycles. The second-order valence-corrected chi connectivity index (χ2v) is 11.5. The first-order valence-electron chi connectivity index (χ1n) is 13.5. The summed E-state index contributed by atoms with van der Waals surface area (Å²) in [6, 6.07) is 29.9. The third-order valence-corrected chi connectivity index (χ3v) is 8.14. The molecule has 5 rings (SSSR count). The molecule has 1 aliphatic heterocycles. The number of hydrogen-bond acceptors (Lipinski definition) is 6. The van der Waals surface area contributed by atoms with E-state index in [1.54, 1.807) is 61.5 Å². The van der Waals surface area contributed by atoms with Crippen molar-refractivity contribution in [1.29, 1.82) is 0 Å². The molecular formula is C32H31N3O6S. The van der Waals surface area contributed by atoms with Crippen LogP contribution in [0.3, 0.4) is 0 Å². The van der Waals surface area contributed by atoms with E-state index in [9.17, 15) is 18.0 Å². The van der Waals surface area contributed by atoms with Gasteiger partial charge in [-0.15, -0.1) is 0 Å². The zero-order chi connectivity index (χ0) is 29.5. The van der Waals surface area contributed by atoms with E-state index in [1.165, 1.54) is 23.1 Å². The quantitative estimate of drug-likeness (QED) is 0.287. The van der Waals surface area contributed by atoms with Crippen LogP contribution in [0.15, 0.2) is 108 Å². The monoisotopic (exact) mass is 585 g/mol. The van der Waals surface area contributed by atoms with Gasteiger partial charge in [-0.3, -0.25) is 14.3 Å². The number of aryl methyl sites for hydroxylation is 1. The van der Waals surface area contributed by atoms with Crippen LogP contribution in [0.25, 0.3) is 0 Å². The maximum atomic E-state index is 13.3. The first-order chi connectivity index (χ1) is 20.3. The highest BCUT2D eigenvalue weighted by Crippen LogP contribution is 2.33. The molecule has 1 unspecified atom stereocenters. The van der Waals surface area contributed by atoms with Crippen molar-refractivity contribution in [1.82, 2.24) is 5.32 Å². The van der Waals surface area contributed by atoms with Crippen LogP contribution in [0.2, 0.25) is 0 Å². The van der Waals surface area contributed by atoms with Gasteiger partial charge in [-0.2, -0.15) is 0 Å². The molecule has 216 valence electrons. The summed E-state index contributed by atoms with van der Waals surface area (Å²) in [5.74, 6) is 0.126. The molecule has 0 bridgehead atoms. The molecule has 0 saturated carbocycles. The minimum atomic E-state index is -3.80. The Balaban J connectivity index is 1.22. The average Bonchev–Trinajstić information content (AvgIpc) is 3.00. The van der Waals surface area contributed by atoms with E-state index < -0.39 is 16.1 Å². The Kier molecular flexibility index (Phi) is 8.73. The molecule has 1 aliphatic rings. The van der Waals surface area contributed by atoms with Crippen molar-refractivity contribution in [2.75, 3.05) is 29.3 Å². The average molecular weight is 586 g/mol. The SMILES string of the molecule is Cc1cc(S(=O)(=O)Nc2ccccc2)ccc1OCC(=O)N1CC(C(=O)NCCc2ccccc2)Oc2ccccc21. The molecule has 1 atom stereocenters. The third-order valence-electron chi connectivity index (χ3n) is 6.76. The first kappa shape index (κ1) is 28.7. The van der Waals surface area contributed by atoms with Crippen molar-refractivity contribution in [3.05, 3.63) is 114 Å². The lowest BCUT2D eigenvalue weighted by atomic mass is 10.1. The number of anilines is 2. The van der Waals surface area contributed by atoms with Crippen molar-refractivity contribution in [3.8, 4) is 11.5 Å². The van der Waals surface area contributed by atoms with Crippen LogP contribution in [-0.4, -0.2) is 46.0 Å². The van der Waals surface area contributed by atoms with Crippen molar-refractivity contribution >= 4 is 33.2 Å². The van der Waals surface area contributed by atoms with Gasteiger partial charge in [0.15, 0.2) is 12.7 Å². The number of rotatable bonds is 10. The van der Waals surface area contributed by atoms with Crippen LogP contribution in [0.1, 0.15) is 11.1 Å². The van der Waals surface area contributed by atoms with E-state index in [2.05, 4.69) is 10.0 Å². The molecule has 2 amide bonds. The van der Waals surface area contributed by atoms with Crippen molar-refractivity contribution in [2.24, 2.45) is 0 Å². The van der Waals surface area contributed by atoms with Gasteiger partial charge in [0, 0.05) is 12.2 Å². The largest absolute Gasteiger partial charge is 0.483 e. The summed E-state index contributed by atoms with van der Waals surface area (Å²) in [7, 11) is -3.80. The molecule has 2 N–H and O–H groups in total. The van der Waals surface area contributed by atoms with E-state index in [4.69, 9.17) is 9.47 Å². The predicted octanol–water partition coefficient (Wildman–Crippen LogP) is 4.33. The Morgan fingerprint density at radius 1 is 0.929 bits per heavy atom. The van der Waals surface area contributed by atoms with Gasteiger partial charge in [-0.05, 0) is 66.9 Å². The molecule has 9 nitrogen and oxygen atoms in total. The van der Waals surface area contributed by atoms with E-state index >= 15 is 0 Å². The third kappa shape index (κ3) is 6.90. The van der Waals surface area contributed by atoms with Crippen LogP contribution >= 0.6 is 0 Å². The highest BCUT2D eigenvalue weighted by Gasteiger charge is 2.34. The molecule has 10 heteroatoms. The van der Waals surface area contributed by atoms with Gasteiger partial charge < -0.3 is 19.7 Å². The second kappa shape index (κ2) is 12.8. The van der Waals surface area contributed by atoms with Gasteiger partial charge in [-0.25, -0.2) is 8.42 Å². The Morgan fingerprint density at radius 2 is 1.62 bits per heavy atom. The second-order valence-electron chi connectivity index (χ2n) is 9.79. The zero-order valence-corrected chi connectivity index (χ0v) is 23.8. The number of amides is 2. The van der Waals surface area contributed by atoms with Crippen molar-refractivity contribution in [2.45, 2.75) is 24.3 Å². The lowest BCUT2D eigenvalue weighted by Crippen LogP contribution is -2.52. The number of hydrogen-bond donors (Lipinski definition) is 2. The molecule has 0 radical (unpaired) electrons. The number of ether oxygens (including phenoxy) is 2. The summed E-state index contributed by atoms with van der Waals surface area (Å²) < 4.78 is 39.9. The van der Waals surface area contributed by atoms with Gasteiger partial charge >= 0.3 is 0 Å². The molecule has 0 aliphatic carbocycles. The predicted molar refractivity (Wildman–Crippen MR) is 160 cm³/mol. The molecule has 0 saturated heterocycles. The number of benzene rings is 4. The van der Waals surface area contributed by atoms with E-state index in [0.717, 1.165) is 5.56 Å². The van der Waals surface area contributed by atoms with Gasteiger partial charge in [0.25, 0.3) is 21.8 Å². The maximum absolute atomic E-state index is 13.3. The summed E-state index contributed by atoms with van der Waals surface area (Å²) in [5.41, 5.74) is 2.66. The number of nitrogens with one attached hydrogen (secondary N) is 2. The van der Waals surface area contributed by atoms with Crippen LogP contribution in [0, 0.1) is 6.92 Å². The Hall–Kier alpha value is -4.83. The molecular weight excluding hydrogens is 554 g/mol. The maximum Gasteiger partial charge on any atom is 0.265 e. The zero-order valence-electron chi connectivity index (χ0n) is 23.0. The number of carbonyl (C=O) groups excluding carboxylic acids is 2. The Labute approximate surface area is 245 Å². The van der Waals surface area contributed by atoms with E-state index in [1.807, 2.05) is 30.3 Å². The number of sulfonamides is 1. The van der Waals surface area contributed by atoms with Gasteiger partial charge in [-0.1, -0.05) is 60.7 Å². The fourth-order valence-corrected chi connectivity index (χ4v) is 5.73. The van der Waals surface area contributed by atoms with Crippen molar-refractivity contribution in [3.63, 3.8) is 0 Å². The Bertz CT molecular complexity index is 1660. The fourth-order valence-electron chi connectivity index (χ4n) is 4.58. The molecule has 0 spiro atoms. The van der Waals surface area contributed by atoms with E-state index in [-0.39, 0.29) is 29.9 Å². The lowest BCUT2D eigenvalue weighted by Gasteiger charge is -2.34. The summed E-state index contributed by atoms with van der Waals surface area (Å²) in [5, 5.41) is 2.90. The minimum Gasteiger partial charge on any atom is -0.483 e. The van der Waals surface area contributed by atoms with Crippen LogP contribution < -0.4 is 24.4 Å². The summed E-state index contributed by atoms with van der Waals surface area (Å²) in [6.45, 7) is 1.86. The Morgan fingerprint density at radius 3 is 2.36 bits per heavy atom.